The number of carbonyl (C=O) groups is 2. The van der Waals surface area contributed by atoms with Crippen molar-refractivity contribution in [3.63, 3.8) is 0 Å². The van der Waals surface area contributed by atoms with Gasteiger partial charge in [-0.05, 0) is 57.2 Å². The maximum Gasteiger partial charge on any atom is 0.412 e. The molecule has 0 aromatic heterocycles. The molecular weight excluding hydrogens is 413 g/mol. The van der Waals surface area contributed by atoms with E-state index in [1.807, 2.05) is 0 Å². The van der Waals surface area contributed by atoms with Crippen LogP contribution >= 0.6 is 11.6 Å². The molecule has 0 fully saturated rings. The van der Waals surface area contributed by atoms with Crippen LogP contribution in [-0.4, -0.2) is 31.3 Å². The Morgan fingerprint density at radius 1 is 1.03 bits per heavy atom. The van der Waals surface area contributed by atoms with E-state index >= 15 is 0 Å². The van der Waals surface area contributed by atoms with Crippen LogP contribution in [0.4, 0.5) is 26.2 Å². The second kappa shape index (κ2) is 10.2. The highest BCUT2D eigenvalue weighted by Crippen LogP contribution is 2.28. The monoisotopic (exact) mass is 437 g/mol. The lowest BCUT2D eigenvalue weighted by molar-refractivity contribution is -0.115. The van der Waals surface area contributed by atoms with Crippen molar-refractivity contribution in [3.05, 3.63) is 47.2 Å². The smallest absolute Gasteiger partial charge is 0.412 e. The number of nitrogens with one attached hydrogen (secondary N) is 3. The van der Waals surface area contributed by atoms with Crippen LogP contribution in [0.2, 0.25) is 5.02 Å². The van der Waals surface area contributed by atoms with Crippen LogP contribution in [0, 0.1) is 5.82 Å². The minimum Gasteiger partial charge on any atom is -0.495 e. The molecule has 30 heavy (non-hydrogen) atoms. The van der Waals surface area contributed by atoms with Gasteiger partial charge < -0.3 is 20.1 Å². The molecule has 3 N–H and O–H groups in total. The number of ether oxygens (including phenoxy) is 2. The topological polar surface area (TPSA) is 88.7 Å². The Hall–Kier alpha value is -3.00. The summed E-state index contributed by atoms with van der Waals surface area (Å²) >= 11 is 5.98. The van der Waals surface area contributed by atoms with E-state index in [1.165, 1.54) is 19.2 Å². The van der Waals surface area contributed by atoms with Gasteiger partial charge in [-0.25, -0.2) is 9.18 Å². The summed E-state index contributed by atoms with van der Waals surface area (Å²) in [6.07, 6.45) is -0.628. The van der Waals surface area contributed by atoms with Crippen molar-refractivity contribution in [2.24, 2.45) is 0 Å². The summed E-state index contributed by atoms with van der Waals surface area (Å²) in [5.41, 5.74) is 0.311. The first-order valence-electron chi connectivity index (χ1n) is 9.24. The fourth-order valence-electron chi connectivity index (χ4n) is 2.48. The van der Waals surface area contributed by atoms with Crippen LogP contribution in [0.3, 0.4) is 0 Å². The molecule has 0 heterocycles. The van der Waals surface area contributed by atoms with E-state index in [0.717, 1.165) is 6.07 Å². The summed E-state index contributed by atoms with van der Waals surface area (Å²) in [6.45, 7) is 5.46. The van der Waals surface area contributed by atoms with Crippen LogP contribution in [0.15, 0.2) is 36.4 Å². The second-order valence-electron chi connectivity index (χ2n) is 7.39. The molecule has 2 aromatic rings. The molecule has 0 spiro atoms. The number of amides is 2. The number of carbonyl (C=O) groups excluding carboxylic acids is 2. The van der Waals surface area contributed by atoms with Gasteiger partial charge in [-0.15, -0.1) is 0 Å². The van der Waals surface area contributed by atoms with Crippen LogP contribution < -0.4 is 20.7 Å². The summed E-state index contributed by atoms with van der Waals surface area (Å²) in [5, 5.41) is 8.71. The number of anilines is 3. The highest BCUT2D eigenvalue weighted by Gasteiger charge is 2.18. The van der Waals surface area contributed by atoms with Gasteiger partial charge >= 0.3 is 6.09 Å². The molecule has 0 unspecified atom stereocenters. The van der Waals surface area contributed by atoms with Crippen molar-refractivity contribution in [1.82, 2.24) is 0 Å². The first kappa shape index (κ1) is 23.3. The standard InChI is InChI=1S/C21H25ClFN3O4/c1-21(2,3)30-20(28)26-15-7-6-14(23)12-16(15)25-19(27)9-10-24-17-11-13(22)5-8-18(17)29-4/h5-8,11-12,24H,9-10H2,1-4H3,(H,25,27)(H,26,28). The Labute approximate surface area is 179 Å². The largest absolute Gasteiger partial charge is 0.495 e. The first-order valence-corrected chi connectivity index (χ1v) is 9.62. The molecule has 0 aliphatic heterocycles. The fraction of sp³-hybridized carbons (Fsp3) is 0.333. The van der Waals surface area contributed by atoms with Crippen LogP contribution in [0.25, 0.3) is 0 Å². The van der Waals surface area contributed by atoms with E-state index in [-0.39, 0.29) is 30.2 Å². The SMILES string of the molecule is COc1ccc(Cl)cc1NCCC(=O)Nc1cc(F)ccc1NC(=O)OC(C)(C)C. The molecule has 0 atom stereocenters. The quantitative estimate of drug-likeness (QED) is 0.548. The van der Waals surface area contributed by atoms with Crippen molar-refractivity contribution in [3.8, 4) is 5.75 Å². The molecular formula is C21H25ClFN3O4. The third-order valence-corrected chi connectivity index (χ3v) is 3.96. The Balaban J connectivity index is 1.98. The molecule has 0 aliphatic carbocycles. The van der Waals surface area contributed by atoms with E-state index in [2.05, 4.69) is 16.0 Å². The molecule has 2 aromatic carbocycles. The molecule has 9 heteroatoms. The summed E-state index contributed by atoms with van der Waals surface area (Å²) in [7, 11) is 1.53. The van der Waals surface area contributed by atoms with Crippen molar-refractivity contribution >= 4 is 40.7 Å². The second-order valence-corrected chi connectivity index (χ2v) is 7.82. The third-order valence-electron chi connectivity index (χ3n) is 3.72. The lowest BCUT2D eigenvalue weighted by Gasteiger charge is -2.20. The lowest BCUT2D eigenvalue weighted by atomic mass is 10.2. The highest BCUT2D eigenvalue weighted by atomic mass is 35.5. The number of rotatable bonds is 7. The molecule has 7 nitrogen and oxygen atoms in total. The predicted molar refractivity (Wildman–Crippen MR) is 116 cm³/mol. The van der Waals surface area contributed by atoms with E-state index < -0.39 is 17.5 Å². The number of hydrogen-bond acceptors (Lipinski definition) is 5. The summed E-state index contributed by atoms with van der Waals surface area (Å²) in [4.78, 5) is 24.3. The van der Waals surface area contributed by atoms with Crippen molar-refractivity contribution in [1.29, 1.82) is 0 Å². The van der Waals surface area contributed by atoms with Gasteiger partial charge in [0.25, 0.3) is 0 Å². The number of methoxy groups -OCH3 is 1. The van der Waals surface area contributed by atoms with Gasteiger partial charge in [0.1, 0.15) is 17.2 Å². The van der Waals surface area contributed by atoms with Gasteiger partial charge in [0, 0.05) is 18.0 Å². The zero-order chi connectivity index (χ0) is 22.3. The third kappa shape index (κ3) is 7.44. The average Bonchev–Trinajstić information content (AvgIpc) is 2.62. The fourth-order valence-corrected chi connectivity index (χ4v) is 2.66. The van der Waals surface area contributed by atoms with Crippen molar-refractivity contribution < 1.29 is 23.5 Å². The minimum atomic E-state index is -0.709. The molecule has 0 saturated heterocycles. The minimum absolute atomic E-state index is 0.0814. The highest BCUT2D eigenvalue weighted by molar-refractivity contribution is 6.30. The van der Waals surface area contributed by atoms with Gasteiger partial charge in [-0.2, -0.15) is 0 Å². The lowest BCUT2D eigenvalue weighted by Crippen LogP contribution is -2.27. The molecule has 0 radical (unpaired) electrons. The Kier molecular flexibility index (Phi) is 7.88. The maximum absolute atomic E-state index is 13.7. The van der Waals surface area contributed by atoms with Crippen molar-refractivity contribution in [2.45, 2.75) is 32.8 Å². The van der Waals surface area contributed by atoms with Gasteiger partial charge in [0.05, 0.1) is 24.2 Å². The first-order chi connectivity index (χ1) is 14.1. The van der Waals surface area contributed by atoms with Crippen LogP contribution in [0.5, 0.6) is 5.75 Å². The molecule has 2 amide bonds. The van der Waals surface area contributed by atoms with Crippen LogP contribution in [0.1, 0.15) is 27.2 Å². The summed E-state index contributed by atoms with van der Waals surface area (Å²) < 4.78 is 24.1. The van der Waals surface area contributed by atoms with E-state index in [0.29, 0.717) is 16.5 Å². The Morgan fingerprint density at radius 2 is 1.77 bits per heavy atom. The van der Waals surface area contributed by atoms with E-state index in [4.69, 9.17) is 21.1 Å². The zero-order valence-electron chi connectivity index (χ0n) is 17.3. The predicted octanol–water partition coefficient (Wildman–Crippen LogP) is 5.28. The normalized spacial score (nSPS) is 10.9. The van der Waals surface area contributed by atoms with Crippen LogP contribution in [-0.2, 0) is 9.53 Å². The van der Waals surface area contributed by atoms with E-state index in [1.54, 1.807) is 39.0 Å². The molecule has 162 valence electrons. The Morgan fingerprint density at radius 3 is 2.43 bits per heavy atom. The zero-order valence-corrected chi connectivity index (χ0v) is 18.0. The molecule has 2 rings (SSSR count). The maximum atomic E-state index is 13.7. The van der Waals surface area contributed by atoms with Crippen molar-refractivity contribution in [2.75, 3.05) is 29.6 Å². The van der Waals surface area contributed by atoms with Gasteiger partial charge in [-0.1, -0.05) is 11.6 Å². The number of benzene rings is 2. The molecule has 0 bridgehead atoms. The molecule has 0 saturated carbocycles. The van der Waals surface area contributed by atoms with E-state index in [9.17, 15) is 14.0 Å². The number of halogens is 2. The Bertz CT molecular complexity index is 916. The summed E-state index contributed by atoms with van der Waals surface area (Å²) in [5.74, 6) is -0.336. The average molecular weight is 438 g/mol. The number of hydrogen-bond donors (Lipinski definition) is 3. The van der Waals surface area contributed by atoms with Gasteiger partial charge in [0.2, 0.25) is 5.91 Å². The van der Waals surface area contributed by atoms with Gasteiger partial charge in [0.15, 0.2) is 0 Å². The molecule has 0 aliphatic rings. The summed E-state index contributed by atoms with van der Waals surface area (Å²) in [6, 6.07) is 8.75. The van der Waals surface area contributed by atoms with Gasteiger partial charge in [-0.3, -0.25) is 10.1 Å².